The zero-order valence-corrected chi connectivity index (χ0v) is 48.5. The van der Waals surface area contributed by atoms with Gasteiger partial charge in [0.15, 0.2) is 34.5 Å². The van der Waals surface area contributed by atoms with E-state index in [2.05, 4.69) is 52.5 Å². The standard InChI is InChI=1S/C68H64N8O10S/c77-87(78,79)43-4-1-41(2-5-43)80-42-3-6-44-45(22-42)59-69-58(44)70-60-46-23-52-53(82-66(81-52)35-10-29-7-30(12-35)13-36(66)11-29)24-47(46)62(72-60)74-64-50-27-56-57(86-68(85-56)39-18-33-9-34(20-39)21-40(68)19-33)28-51(50)65(76-64)75-63-49-26-55-54(25-48(49)61(71-59)73-63)83-67(84-55)37-14-31-8-32(16-37)17-38(67)15-31/h1-6,22-40,44-47,50-51,73H,7-21H2,(H,77,78,79)(H,69,70,71,72,74,75,76). The van der Waals surface area contributed by atoms with Gasteiger partial charge in [0.05, 0.1) is 34.5 Å². The number of aromatic amines is 2. The van der Waals surface area contributed by atoms with E-state index in [1.807, 2.05) is 12.2 Å². The number of hydrogen-bond acceptors (Lipinski definition) is 15. The van der Waals surface area contributed by atoms with Crippen LogP contribution in [-0.2, 0) is 29.1 Å². The Morgan fingerprint density at radius 2 is 0.816 bits per heavy atom. The maximum Gasteiger partial charge on any atom is 0.294 e. The summed E-state index contributed by atoms with van der Waals surface area (Å²) in [5.74, 6) is 11.6. The lowest BCUT2D eigenvalue weighted by Crippen LogP contribution is -2.62. The highest BCUT2D eigenvalue weighted by Gasteiger charge is 2.67. The third-order valence-corrected chi connectivity index (χ3v) is 25.7. The van der Waals surface area contributed by atoms with Crippen LogP contribution in [0.5, 0.6) is 17.2 Å². The van der Waals surface area contributed by atoms with E-state index in [0.717, 1.165) is 152 Å². The number of nitrogens with zero attached hydrogens (tertiary/aromatic N) is 6. The lowest BCUT2D eigenvalue weighted by atomic mass is 9.53. The van der Waals surface area contributed by atoms with Crippen molar-refractivity contribution >= 4 is 32.2 Å². The van der Waals surface area contributed by atoms with Crippen molar-refractivity contribution in [2.24, 2.45) is 71.0 Å². The summed E-state index contributed by atoms with van der Waals surface area (Å²) in [6.45, 7) is 0. The molecule has 442 valence electrons. The average molecular weight is 1190 g/mol. The highest BCUT2D eigenvalue weighted by atomic mass is 32.2. The molecule has 20 bridgehead atoms. The van der Waals surface area contributed by atoms with Crippen LogP contribution in [0.2, 0.25) is 0 Å². The second kappa shape index (κ2) is 16.3. The summed E-state index contributed by atoms with van der Waals surface area (Å²) in [4.78, 5) is 40.5. The van der Waals surface area contributed by atoms with Gasteiger partial charge in [-0.2, -0.15) is 8.42 Å². The Labute approximate surface area is 500 Å². The number of nitrogens with one attached hydrogen (secondary N) is 2. The van der Waals surface area contributed by atoms with Gasteiger partial charge in [0, 0.05) is 52.2 Å². The van der Waals surface area contributed by atoms with E-state index in [1.165, 1.54) is 43.5 Å². The van der Waals surface area contributed by atoms with E-state index in [4.69, 9.17) is 63.1 Å². The highest BCUT2D eigenvalue weighted by molar-refractivity contribution is 7.85. The van der Waals surface area contributed by atoms with Gasteiger partial charge >= 0.3 is 0 Å². The molecule has 6 unspecified atom stereocenters. The fourth-order valence-corrected chi connectivity index (χ4v) is 22.3. The van der Waals surface area contributed by atoms with Crippen molar-refractivity contribution in [1.82, 2.24) is 39.9 Å². The zero-order valence-electron chi connectivity index (χ0n) is 47.7. The molecule has 0 radical (unpaired) electrons. The van der Waals surface area contributed by atoms with E-state index >= 15 is 0 Å². The minimum absolute atomic E-state index is 0.221. The van der Waals surface area contributed by atoms with Gasteiger partial charge in [-0.05, 0) is 205 Å². The first-order chi connectivity index (χ1) is 42.4. The van der Waals surface area contributed by atoms with Crippen LogP contribution in [0.1, 0.15) is 167 Å². The van der Waals surface area contributed by atoms with Gasteiger partial charge in [0.1, 0.15) is 57.7 Å². The Hall–Kier alpha value is -7.25. The molecule has 87 heavy (non-hydrogen) atoms. The summed E-state index contributed by atoms with van der Waals surface area (Å²) >= 11 is 0. The van der Waals surface area contributed by atoms with Crippen LogP contribution >= 0.6 is 0 Å². The molecule has 8 heterocycles. The molecule has 6 atom stereocenters. The minimum atomic E-state index is -4.40. The van der Waals surface area contributed by atoms with Crippen molar-refractivity contribution in [2.75, 3.05) is 0 Å². The Morgan fingerprint density at radius 1 is 0.437 bits per heavy atom. The first kappa shape index (κ1) is 48.7. The molecule has 2 saturated heterocycles. The fraction of sp³-hybridized carbons (Fsp3) is 0.529. The van der Waals surface area contributed by atoms with Crippen molar-refractivity contribution in [3.05, 3.63) is 143 Å². The fourth-order valence-electron chi connectivity index (χ4n) is 21.8. The van der Waals surface area contributed by atoms with Gasteiger partial charge < -0.3 is 43.1 Å². The van der Waals surface area contributed by atoms with Crippen LogP contribution in [0, 0.1) is 71.0 Å². The number of allylic oxidation sites excluding steroid dienone is 7. The minimum Gasteiger partial charge on any atom is -0.458 e. The van der Waals surface area contributed by atoms with Crippen molar-refractivity contribution in [1.29, 1.82) is 0 Å². The largest absolute Gasteiger partial charge is 0.458 e. The lowest BCUT2D eigenvalue weighted by Gasteiger charge is -2.57. The number of rotatable bonds is 3. The Morgan fingerprint density at radius 3 is 1.28 bits per heavy atom. The number of benzene rings is 2. The molecule has 14 fully saturated rings. The molecule has 3 N–H and O–H groups in total. The molecule has 21 aliphatic rings. The predicted molar refractivity (Wildman–Crippen MR) is 309 cm³/mol. The molecule has 4 aromatic rings. The molecular formula is C68H64N8O10S. The summed E-state index contributed by atoms with van der Waals surface area (Å²) in [5.41, 5.74) is 1.14. The number of fused-ring (bicyclic) bond motifs is 23. The molecule has 19 heteroatoms. The summed E-state index contributed by atoms with van der Waals surface area (Å²) in [6.07, 6.45) is 32.5. The predicted octanol–water partition coefficient (Wildman–Crippen LogP) is 12.0. The quantitative estimate of drug-likeness (QED) is 0.162. The number of aromatic nitrogens is 8. The van der Waals surface area contributed by atoms with Gasteiger partial charge in [-0.1, -0.05) is 6.08 Å². The van der Waals surface area contributed by atoms with Crippen LogP contribution in [0.3, 0.4) is 0 Å². The third kappa shape index (κ3) is 6.67. The second-order valence-electron chi connectivity index (χ2n) is 29.6. The van der Waals surface area contributed by atoms with Crippen LogP contribution in [0.4, 0.5) is 0 Å². The highest BCUT2D eigenvalue weighted by Crippen LogP contribution is 2.67. The van der Waals surface area contributed by atoms with Crippen molar-refractivity contribution < 1.29 is 46.1 Å². The van der Waals surface area contributed by atoms with E-state index in [9.17, 15) is 13.0 Å². The third-order valence-electron chi connectivity index (χ3n) is 24.9. The summed E-state index contributed by atoms with van der Waals surface area (Å²) < 4.78 is 83.5. The molecule has 15 aliphatic carbocycles. The molecule has 0 amide bonds. The normalized spacial score (nSPS) is 42.5. The Kier molecular flexibility index (Phi) is 9.14. The molecule has 2 aromatic heterocycles. The van der Waals surface area contributed by atoms with Crippen molar-refractivity contribution in [2.45, 2.75) is 154 Å². The van der Waals surface area contributed by atoms with Gasteiger partial charge in [-0.25, -0.2) is 29.9 Å². The van der Waals surface area contributed by atoms with Gasteiger partial charge in [0.25, 0.3) is 27.5 Å². The van der Waals surface area contributed by atoms with E-state index < -0.39 is 33.4 Å². The summed E-state index contributed by atoms with van der Waals surface area (Å²) in [6, 6.07) is 9.89. The van der Waals surface area contributed by atoms with Crippen LogP contribution < -0.4 is 14.2 Å². The molecule has 12 saturated carbocycles. The topological polar surface area (TPSA) is 228 Å². The van der Waals surface area contributed by atoms with Crippen LogP contribution in [0.25, 0.3) is 22.1 Å². The van der Waals surface area contributed by atoms with Gasteiger partial charge in [-0.3, -0.25) is 4.55 Å². The molecule has 3 spiro atoms. The van der Waals surface area contributed by atoms with Crippen LogP contribution in [-0.4, -0.2) is 70.2 Å². The maximum atomic E-state index is 12.0. The van der Waals surface area contributed by atoms with Crippen molar-refractivity contribution in [3.8, 4) is 17.2 Å². The first-order valence-electron chi connectivity index (χ1n) is 32.5. The Bertz CT molecular complexity index is 4300. The smallest absolute Gasteiger partial charge is 0.294 e. The van der Waals surface area contributed by atoms with Crippen molar-refractivity contribution in [3.63, 3.8) is 0 Å². The number of hydrogen-bond donors (Lipinski definition) is 3. The summed E-state index contributed by atoms with van der Waals surface area (Å²) in [5, 5.41) is 1.63. The SMILES string of the molecule is O=S(=O)(O)c1ccc(OC2=CC3c4nc([nH]c5nc(nc6nc(nc7[nH]c(n4)c4cc8c(cc74)OC4(O8)C7CC8CC(C7)CC4C8)C4C=C7OC8(OC7=CC64)C4CC6CC(C4)CC8C6)C4C=C6OC7(OC6=CC54)C4CC5CC(C4)CC7C5)C3C=C2)cc1. The number of H-pyrrole nitrogens is 2. The van der Waals surface area contributed by atoms with Gasteiger partial charge in [0.2, 0.25) is 0 Å². The van der Waals surface area contributed by atoms with Gasteiger partial charge in [-0.15, -0.1) is 0 Å². The van der Waals surface area contributed by atoms with Crippen LogP contribution in [0.15, 0.2) is 113 Å². The molecular weight excluding hydrogens is 1120 g/mol. The van der Waals surface area contributed by atoms with E-state index in [1.54, 1.807) is 0 Å². The second-order valence-corrected chi connectivity index (χ2v) is 31.0. The molecule has 25 rings (SSSR count). The van der Waals surface area contributed by atoms with E-state index in [0.29, 0.717) is 99.0 Å². The summed E-state index contributed by atoms with van der Waals surface area (Å²) in [7, 11) is -4.40. The zero-order chi connectivity index (χ0) is 56.8. The molecule has 6 aliphatic heterocycles. The Balaban J connectivity index is 0.736. The monoisotopic (exact) mass is 1180 g/mol. The number of ether oxygens (including phenoxy) is 7. The first-order valence-corrected chi connectivity index (χ1v) is 34.0. The molecule has 2 aromatic carbocycles. The maximum absolute atomic E-state index is 12.0. The lowest BCUT2D eigenvalue weighted by molar-refractivity contribution is -0.275. The average Bonchev–Trinajstić information content (AvgIpc) is 2.01. The van der Waals surface area contributed by atoms with E-state index in [-0.39, 0.29) is 34.5 Å². The molecule has 18 nitrogen and oxygen atoms in total.